The van der Waals surface area contributed by atoms with Gasteiger partial charge in [-0.25, -0.2) is 0 Å². The highest BCUT2D eigenvalue weighted by Crippen LogP contribution is 2.42. The minimum Gasteiger partial charge on any atom is -0.456 e. The monoisotopic (exact) mass is 402 g/mol. The van der Waals surface area contributed by atoms with Crippen LogP contribution in [0.15, 0.2) is 29.9 Å². The first-order valence-electron chi connectivity index (χ1n) is 6.60. The van der Waals surface area contributed by atoms with E-state index >= 15 is 0 Å². The molecule has 2 heterocycles. The summed E-state index contributed by atoms with van der Waals surface area (Å²) < 4.78 is 13.8. The molecule has 4 heteroatoms. The molecule has 0 bridgehead atoms. The maximum Gasteiger partial charge on any atom is 0.184 e. The molecule has 0 aliphatic carbocycles. The van der Waals surface area contributed by atoms with E-state index in [1.165, 1.54) is 0 Å². The van der Waals surface area contributed by atoms with Crippen molar-refractivity contribution in [2.24, 2.45) is 0 Å². The van der Waals surface area contributed by atoms with Gasteiger partial charge in [0.05, 0.1) is 8.95 Å². The van der Waals surface area contributed by atoms with Crippen LogP contribution >= 0.6 is 31.9 Å². The van der Waals surface area contributed by atoms with Gasteiger partial charge >= 0.3 is 0 Å². The molecule has 0 aliphatic rings. The molecule has 0 atom stereocenters. The lowest BCUT2D eigenvalue weighted by Crippen LogP contribution is -2.09. The summed E-state index contributed by atoms with van der Waals surface area (Å²) in [5.74, 6) is 3.33. The Bertz CT molecular complexity index is 566. The Morgan fingerprint density at radius 2 is 1.00 bits per heavy atom. The van der Waals surface area contributed by atoms with Crippen molar-refractivity contribution in [3.63, 3.8) is 0 Å². The van der Waals surface area contributed by atoms with Crippen LogP contribution in [0.25, 0.3) is 11.5 Å². The van der Waals surface area contributed by atoms with Crippen molar-refractivity contribution in [2.75, 3.05) is 0 Å². The summed E-state index contributed by atoms with van der Waals surface area (Å²) in [5, 5.41) is 0. The Balaban J connectivity index is 2.53. The third-order valence-corrected chi connectivity index (χ3v) is 4.24. The maximum absolute atomic E-state index is 6.00. The first kappa shape index (κ1) is 15.9. The summed E-state index contributed by atoms with van der Waals surface area (Å²) in [7, 11) is 0. The first-order valence-corrected chi connectivity index (χ1v) is 8.19. The molecule has 0 saturated carbocycles. The van der Waals surface area contributed by atoms with Gasteiger partial charge in [0.15, 0.2) is 11.5 Å². The van der Waals surface area contributed by atoms with Gasteiger partial charge in [0.25, 0.3) is 0 Å². The average Bonchev–Trinajstić information content (AvgIpc) is 2.80. The fourth-order valence-corrected chi connectivity index (χ4v) is 2.72. The molecule has 2 aromatic heterocycles. The van der Waals surface area contributed by atoms with Crippen LogP contribution in [0, 0.1) is 0 Å². The quantitative estimate of drug-likeness (QED) is 0.532. The van der Waals surface area contributed by atoms with Crippen molar-refractivity contribution < 1.29 is 8.83 Å². The Morgan fingerprint density at radius 3 is 1.20 bits per heavy atom. The number of furan rings is 2. The predicted octanol–water partition coefficient (Wildman–Crippen LogP) is 6.66. The van der Waals surface area contributed by atoms with Gasteiger partial charge in [-0.2, -0.15) is 0 Å². The molecule has 2 rings (SSSR count). The summed E-state index contributed by atoms with van der Waals surface area (Å²) in [4.78, 5) is 0. The standard InChI is InChI=1S/C16H20Br2O2/c1-15(2,3)11-7-9(17)13(19-11)14-10(18)8-12(20-14)16(4,5)6/h7-8H,1-6H3. The fraction of sp³-hybridized carbons (Fsp3) is 0.500. The maximum atomic E-state index is 6.00. The van der Waals surface area contributed by atoms with E-state index < -0.39 is 0 Å². The molecule has 0 aromatic carbocycles. The van der Waals surface area contributed by atoms with Crippen LogP contribution in [0.2, 0.25) is 0 Å². The first-order chi connectivity index (χ1) is 9.00. The van der Waals surface area contributed by atoms with Gasteiger partial charge in [-0.1, -0.05) is 41.5 Å². The van der Waals surface area contributed by atoms with Crippen LogP contribution in [-0.4, -0.2) is 0 Å². The smallest absolute Gasteiger partial charge is 0.184 e. The molecule has 0 saturated heterocycles. The Kier molecular flexibility index (Phi) is 4.02. The van der Waals surface area contributed by atoms with E-state index in [1.54, 1.807) is 0 Å². The van der Waals surface area contributed by atoms with E-state index in [-0.39, 0.29) is 10.8 Å². The third kappa shape index (κ3) is 3.06. The van der Waals surface area contributed by atoms with Crippen LogP contribution in [-0.2, 0) is 10.8 Å². The third-order valence-electron chi connectivity index (χ3n) is 3.06. The van der Waals surface area contributed by atoms with Gasteiger partial charge in [-0.3, -0.25) is 0 Å². The van der Waals surface area contributed by atoms with Crippen LogP contribution in [0.3, 0.4) is 0 Å². The number of rotatable bonds is 1. The molecule has 0 aliphatic heterocycles. The Labute approximate surface area is 137 Å². The van der Waals surface area contributed by atoms with Crippen molar-refractivity contribution >= 4 is 31.9 Å². The second-order valence-corrected chi connectivity index (χ2v) is 8.78. The summed E-state index contributed by atoms with van der Waals surface area (Å²) in [6.07, 6.45) is 0. The van der Waals surface area contributed by atoms with Crippen molar-refractivity contribution in [3.8, 4) is 11.5 Å². The Morgan fingerprint density at radius 1 is 0.700 bits per heavy atom. The molecule has 2 nitrogen and oxygen atoms in total. The molecular weight excluding hydrogens is 384 g/mol. The number of hydrogen-bond donors (Lipinski definition) is 0. The number of halogens is 2. The summed E-state index contributed by atoms with van der Waals surface area (Å²) in [6.45, 7) is 12.7. The summed E-state index contributed by atoms with van der Waals surface area (Å²) in [6, 6.07) is 4.03. The van der Waals surface area contributed by atoms with Gasteiger partial charge in [0.2, 0.25) is 0 Å². The largest absolute Gasteiger partial charge is 0.456 e. The lowest BCUT2D eigenvalue weighted by Gasteiger charge is -2.14. The van der Waals surface area contributed by atoms with Crippen molar-refractivity contribution in [1.29, 1.82) is 0 Å². The summed E-state index contributed by atoms with van der Waals surface area (Å²) >= 11 is 7.13. The second kappa shape index (κ2) is 5.06. The molecule has 0 fully saturated rings. The molecule has 20 heavy (non-hydrogen) atoms. The Hall–Kier alpha value is -0.480. The highest BCUT2D eigenvalue weighted by Gasteiger charge is 2.27. The lowest BCUT2D eigenvalue weighted by molar-refractivity contribution is 0.388. The minimum atomic E-state index is -0.0350. The average molecular weight is 404 g/mol. The van der Waals surface area contributed by atoms with Crippen LogP contribution in [0.5, 0.6) is 0 Å². The topological polar surface area (TPSA) is 26.3 Å². The van der Waals surface area contributed by atoms with Gasteiger partial charge in [0, 0.05) is 10.8 Å². The zero-order valence-corrected chi connectivity index (χ0v) is 15.9. The highest BCUT2D eigenvalue weighted by molar-refractivity contribution is 9.11. The molecular formula is C16H20Br2O2. The normalized spacial score (nSPS) is 13.0. The van der Waals surface area contributed by atoms with Gasteiger partial charge in [-0.05, 0) is 44.0 Å². The van der Waals surface area contributed by atoms with Gasteiger partial charge in [0.1, 0.15) is 11.5 Å². The second-order valence-electron chi connectivity index (χ2n) is 7.08. The van der Waals surface area contributed by atoms with Gasteiger partial charge in [-0.15, -0.1) is 0 Å². The highest BCUT2D eigenvalue weighted by atomic mass is 79.9. The molecule has 2 aromatic rings. The van der Waals surface area contributed by atoms with E-state index in [1.807, 2.05) is 12.1 Å². The molecule has 0 amide bonds. The summed E-state index contributed by atoms with van der Waals surface area (Å²) in [5.41, 5.74) is -0.0700. The van der Waals surface area contributed by atoms with Gasteiger partial charge < -0.3 is 8.83 Å². The van der Waals surface area contributed by atoms with E-state index in [0.29, 0.717) is 0 Å². The SMILES string of the molecule is CC(C)(C)c1cc(Br)c(-c2oc(C(C)(C)C)cc2Br)o1. The molecule has 0 N–H and O–H groups in total. The molecule has 0 spiro atoms. The van der Waals surface area contributed by atoms with Crippen molar-refractivity contribution in [1.82, 2.24) is 0 Å². The zero-order chi connectivity index (χ0) is 15.3. The molecule has 110 valence electrons. The van der Waals surface area contributed by atoms with Crippen LogP contribution < -0.4 is 0 Å². The number of hydrogen-bond acceptors (Lipinski definition) is 2. The minimum absolute atomic E-state index is 0.0350. The molecule has 0 unspecified atom stereocenters. The van der Waals surface area contributed by atoms with Crippen LogP contribution in [0.4, 0.5) is 0 Å². The van der Waals surface area contributed by atoms with Crippen molar-refractivity contribution in [3.05, 3.63) is 32.6 Å². The van der Waals surface area contributed by atoms with E-state index in [4.69, 9.17) is 8.83 Å². The van der Waals surface area contributed by atoms with Crippen LogP contribution in [0.1, 0.15) is 53.1 Å². The predicted molar refractivity (Wildman–Crippen MR) is 89.2 cm³/mol. The lowest BCUT2D eigenvalue weighted by atomic mass is 9.94. The zero-order valence-electron chi connectivity index (χ0n) is 12.7. The van der Waals surface area contributed by atoms with Crippen molar-refractivity contribution in [2.45, 2.75) is 52.4 Å². The molecule has 0 radical (unpaired) electrons. The van der Waals surface area contributed by atoms with E-state index in [2.05, 4.69) is 73.4 Å². The fourth-order valence-electron chi connectivity index (χ4n) is 1.79. The van der Waals surface area contributed by atoms with E-state index in [9.17, 15) is 0 Å². The van der Waals surface area contributed by atoms with E-state index in [0.717, 1.165) is 32.0 Å².